The molecule has 11 heteroatoms. The van der Waals surface area contributed by atoms with Crippen molar-refractivity contribution in [3.63, 3.8) is 0 Å². The average Bonchev–Trinajstić information content (AvgIpc) is 3.30. The van der Waals surface area contributed by atoms with E-state index in [1.54, 1.807) is 0 Å². The fourth-order valence-corrected chi connectivity index (χ4v) is 8.16. The maximum Gasteiger partial charge on any atom is 0.253 e. The zero-order chi connectivity index (χ0) is 23.5. The van der Waals surface area contributed by atoms with Crippen LogP contribution in [-0.2, 0) is 25.6 Å². The number of amides is 3. The lowest BCUT2D eigenvalue weighted by atomic mass is 9.69. The Morgan fingerprint density at radius 2 is 1.94 bits per heavy atom. The normalized spacial score (nSPS) is 35.1. The fraction of sp³-hybridized carbons (Fsp3) is 0.545. The van der Waals surface area contributed by atoms with Gasteiger partial charge in [0.1, 0.15) is 22.8 Å². The number of thiophene rings is 1. The number of β-lactam (4-membered cyclic amide) rings is 1. The Bertz CT molecular complexity index is 1040. The Morgan fingerprint density at radius 1 is 1.27 bits per heavy atom. The number of hydrogen-bond donors (Lipinski definition) is 2. The topological polar surface area (TPSA) is 133 Å². The number of aliphatic carboxylic acids is 1. The van der Waals surface area contributed by atoms with E-state index in [4.69, 9.17) is 5.73 Å². The van der Waals surface area contributed by atoms with Crippen molar-refractivity contribution in [2.24, 2.45) is 11.1 Å². The van der Waals surface area contributed by atoms with Crippen LogP contribution in [0, 0.1) is 5.41 Å². The maximum atomic E-state index is 13.0. The molecule has 0 aliphatic carbocycles. The van der Waals surface area contributed by atoms with E-state index in [0.717, 1.165) is 4.88 Å². The standard InChI is InChI=1S/C22H26N4O5S2/c1-12-17(26-7-4-22(5-8-26,6-9-26)21(23)31)16(20(29)30)25-18(28)15(19(25)33-12)24-14(27)11-13-3-2-10-32-13/h2-3,10,12,15,19H,4-9,11H2,1H3,(H3-,23,24,27,29,30,31)/t12?,15-,19-,22?,26?/m1/s1. The number of rotatable bonds is 6. The van der Waals surface area contributed by atoms with Crippen molar-refractivity contribution >= 4 is 46.8 Å². The Kier molecular flexibility index (Phi) is 5.33. The number of hydrogen-bond acceptors (Lipinski definition) is 7. The van der Waals surface area contributed by atoms with Crippen molar-refractivity contribution in [3.05, 3.63) is 33.8 Å². The molecule has 6 heterocycles. The summed E-state index contributed by atoms with van der Waals surface area (Å²) in [5.41, 5.74) is 5.80. The van der Waals surface area contributed by atoms with Gasteiger partial charge in [0.25, 0.3) is 5.91 Å². The minimum Gasteiger partial charge on any atom is -0.543 e. The molecule has 2 bridgehead atoms. The van der Waals surface area contributed by atoms with Gasteiger partial charge in [-0.15, -0.1) is 23.1 Å². The van der Waals surface area contributed by atoms with Crippen molar-refractivity contribution in [3.8, 4) is 0 Å². The summed E-state index contributed by atoms with van der Waals surface area (Å²) in [5.74, 6) is -2.33. The average molecular weight is 491 g/mol. The van der Waals surface area contributed by atoms with E-state index in [2.05, 4.69) is 5.32 Å². The van der Waals surface area contributed by atoms with Gasteiger partial charge in [0, 0.05) is 24.1 Å². The van der Waals surface area contributed by atoms with Gasteiger partial charge >= 0.3 is 0 Å². The minimum atomic E-state index is -1.37. The number of thioether (sulfide) groups is 1. The molecule has 3 atom stereocenters. The number of quaternary nitrogens is 1. The number of nitrogens with two attached hydrogens (primary N) is 1. The molecule has 176 valence electrons. The summed E-state index contributed by atoms with van der Waals surface area (Å²) in [7, 11) is 0. The monoisotopic (exact) mass is 490 g/mol. The van der Waals surface area contributed by atoms with Crippen LogP contribution in [-0.4, -0.2) is 69.4 Å². The molecule has 1 aromatic heterocycles. The second kappa shape index (κ2) is 7.85. The van der Waals surface area contributed by atoms with Gasteiger partial charge in [0.2, 0.25) is 11.8 Å². The summed E-state index contributed by atoms with van der Waals surface area (Å²) in [5, 5.41) is 16.3. The Morgan fingerprint density at radius 3 is 2.48 bits per heavy atom. The van der Waals surface area contributed by atoms with Crippen molar-refractivity contribution in [1.82, 2.24) is 10.2 Å². The third-order valence-electron chi connectivity index (χ3n) is 7.77. The van der Waals surface area contributed by atoms with E-state index in [1.807, 2.05) is 24.4 Å². The predicted molar refractivity (Wildman–Crippen MR) is 120 cm³/mol. The summed E-state index contributed by atoms with van der Waals surface area (Å²) in [4.78, 5) is 52.0. The van der Waals surface area contributed by atoms with Crippen molar-refractivity contribution in [2.75, 3.05) is 19.6 Å². The molecule has 5 aliphatic rings. The summed E-state index contributed by atoms with van der Waals surface area (Å²) in [6.45, 7) is 3.81. The number of nitrogens with one attached hydrogen (secondary N) is 1. The number of primary amides is 1. The highest BCUT2D eigenvalue weighted by molar-refractivity contribution is 8.00. The van der Waals surface area contributed by atoms with E-state index in [-0.39, 0.29) is 29.2 Å². The first kappa shape index (κ1) is 22.4. The first-order valence-corrected chi connectivity index (χ1v) is 12.9. The SMILES string of the molecule is CC1S[C@@H]2[C@H](NC(=O)Cc3cccs3)C(=O)N2C(C(=O)[O-])=C1[N+]12CCC(C(N)=O)(CC1)CC2. The van der Waals surface area contributed by atoms with Crippen LogP contribution in [0.5, 0.6) is 0 Å². The first-order valence-electron chi connectivity index (χ1n) is 11.1. The number of piperidine rings is 3. The third kappa shape index (κ3) is 3.39. The highest BCUT2D eigenvalue weighted by atomic mass is 32.2. The van der Waals surface area contributed by atoms with Crippen LogP contribution in [0.25, 0.3) is 0 Å². The quantitative estimate of drug-likeness (QED) is 0.409. The fourth-order valence-electron chi connectivity index (χ4n) is 5.90. The van der Waals surface area contributed by atoms with Crippen LogP contribution in [0.1, 0.15) is 31.1 Å². The number of carbonyl (C=O) groups excluding carboxylic acids is 4. The van der Waals surface area contributed by atoms with Crippen molar-refractivity contribution in [1.29, 1.82) is 0 Å². The Balaban J connectivity index is 1.40. The lowest BCUT2D eigenvalue weighted by molar-refractivity contribution is -0.911. The van der Waals surface area contributed by atoms with Crippen LogP contribution < -0.4 is 16.2 Å². The zero-order valence-corrected chi connectivity index (χ0v) is 19.9. The van der Waals surface area contributed by atoms with Gasteiger partial charge in [-0.3, -0.25) is 23.8 Å². The van der Waals surface area contributed by atoms with Crippen LogP contribution >= 0.6 is 23.1 Å². The molecule has 5 aliphatic heterocycles. The second-order valence-corrected chi connectivity index (χ2v) is 11.9. The maximum absolute atomic E-state index is 13.0. The number of carboxylic acid groups (broad SMARTS) is 1. The number of carbonyl (C=O) groups is 4. The number of fused-ring (bicyclic) bond motifs is 4. The van der Waals surface area contributed by atoms with E-state index >= 15 is 0 Å². The molecule has 33 heavy (non-hydrogen) atoms. The van der Waals surface area contributed by atoms with E-state index in [0.29, 0.717) is 49.1 Å². The lowest BCUT2D eigenvalue weighted by Gasteiger charge is -2.59. The van der Waals surface area contributed by atoms with Crippen LogP contribution in [0.2, 0.25) is 0 Å². The highest BCUT2D eigenvalue weighted by Crippen LogP contribution is 2.52. The predicted octanol–water partition coefficient (Wildman–Crippen LogP) is -0.473. The largest absolute Gasteiger partial charge is 0.543 e. The van der Waals surface area contributed by atoms with Gasteiger partial charge in [0.05, 0.1) is 42.7 Å². The molecule has 3 amide bonds. The van der Waals surface area contributed by atoms with E-state index in [1.165, 1.54) is 28.0 Å². The molecule has 0 saturated carbocycles. The summed E-state index contributed by atoms with van der Waals surface area (Å²) in [6, 6.07) is 2.96. The molecular formula is C22H26N4O5S2. The third-order valence-corrected chi connectivity index (χ3v) is 10.0. The summed E-state index contributed by atoms with van der Waals surface area (Å²) < 4.78 is 0.457. The molecule has 0 spiro atoms. The number of nitrogens with zero attached hydrogens (tertiary/aromatic N) is 2. The number of carboxylic acids is 1. The molecule has 3 N–H and O–H groups in total. The molecule has 9 nitrogen and oxygen atoms in total. The molecule has 1 aromatic rings. The van der Waals surface area contributed by atoms with Gasteiger partial charge in [-0.05, 0) is 18.4 Å². The van der Waals surface area contributed by atoms with Crippen LogP contribution in [0.15, 0.2) is 28.9 Å². The zero-order valence-electron chi connectivity index (χ0n) is 18.2. The summed E-state index contributed by atoms with van der Waals surface area (Å²) in [6.07, 6.45) is 2.03. The Labute approximate surface area is 199 Å². The smallest absolute Gasteiger partial charge is 0.253 e. The minimum absolute atomic E-state index is 0.0616. The van der Waals surface area contributed by atoms with E-state index < -0.39 is 28.7 Å². The Hall–Kier alpha value is -2.37. The molecule has 6 rings (SSSR count). The molecule has 0 radical (unpaired) electrons. The molecule has 1 unspecified atom stereocenters. The van der Waals surface area contributed by atoms with Gasteiger partial charge in [-0.25, -0.2) is 0 Å². The molecule has 4 saturated heterocycles. The highest BCUT2D eigenvalue weighted by Gasteiger charge is 2.61. The molecule has 0 aromatic carbocycles. The van der Waals surface area contributed by atoms with Crippen molar-refractivity contribution < 1.29 is 28.8 Å². The van der Waals surface area contributed by atoms with Gasteiger partial charge in [-0.2, -0.15) is 0 Å². The van der Waals surface area contributed by atoms with Crippen molar-refractivity contribution in [2.45, 2.75) is 49.3 Å². The molecular weight excluding hydrogens is 464 g/mol. The molecule has 4 fully saturated rings. The van der Waals surface area contributed by atoms with Crippen LogP contribution in [0.4, 0.5) is 0 Å². The first-order chi connectivity index (χ1) is 15.7. The van der Waals surface area contributed by atoms with Gasteiger partial charge in [0.15, 0.2) is 0 Å². The summed E-state index contributed by atoms with van der Waals surface area (Å²) >= 11 is 2.96. The van der Waals surface area contributed by atoms with Crippen LogP contribution in [0.3, 0.4) is 0 Å². The van der Waals surface area contributed by atoms with Gasteiger partial charge < -0.3 is 21.0 Å². The van der Waals surface area contributed by atoms with Gasteiger partial charge in [-0.1, -0.05) is 6.07 Å². The lowest BCUT2D eigenvalue weighted by Crippen LogP contribution is -2.74. The van der Waals surface area contributed by atoms with E-state index in [9.17, 15) is 24.3 Å². The second-order valence-electron chi connectivity index (χ2n) is 9.41.